The van der Waals surface area contributed by atoms with E-state index in [4.69, 9.17) is 28.9 Å². The van der Waals surface area contributed by atoms with Crippen LogP contribution in [0, 0.1) is 34.8 Å². The van der Waals surface area contributed by atoms with E-state index < -0.39 is 28.8 Å². The summed E-state index contributed by atoms with van der Waals surface area (Å²) in [7, 11) is 0. The first-order valence-electron chi connectivity index (χ1n) is 25.2. The molecule has 2 aliphatic carbocycles. The van der Waals surface area contributed by atoms with Crippen LogP contribution >= 0.6 is 0 Å². The Morgan fingerprint density at radius 2 is 1.63 bits per heavy atom. The Morgan fingerprint density at radius 3 is 2.40 bits per heavy atom. The minimum absolute atomic E-state index is 0.000350. The molecule has 0 unspecified atom stereocenters. The molecule has 5 aromatic carbocycles. The highest BCUT2D eigenvalue weighted by Gasteiger charge is 2.66. The van der Waals surface area contributed by atoms with Gasteiger partial charge < -0.3 is 34.0 Å². The number of non-ortho nitro benzene ring substituents is 1. The third-order valence-corrected chi connectivity index (χ3v) is 14.3. The van der Waals surface area contributed by atoms with Crippen molar-refractivity contribution in [3.8, 4) is 17.2 Å². The number of aliphatic hydroxyl groups is 2. The summed E-state index contributed by atoms with van der Waals surface area (Å²) < 4.78 is 27.5. The van der Waals surface area contributed by atoms with E-state index in [1.54, 1.807) is 11.0 Å². The highest BCUT2D eigenvalue weighted by molar-refractivity contribution is 6.03. The SMILES string of the molecule is C=CCO[C@@]12Oc3ccc(OCc4cccc(C)n4)cc3[C@H]3[C@H](CCCCO)[C@@H](CCCCO)C=C(C(=NOCc4ccccc4)C[C@@H]1N(Cc1cccc4ccccc14)C(=O)Oc1ccc([N+](=O)[O-])cc1)[C@H]32. The molecule has 1 fully saturated rings. The van der Waals surface area contributed by atoms with Crippen LogP contribution < -0.4 is 14.2 Å². The number of benzene rings is 5. The molecule has 1 amide bonds. The van der Waals surface area contributed by atoms with Crippen molar-refractivity contribution in [1.29, 1.82) is 0 Å². The van der Waals surface area contributed by atoms with Gasteiger partial charge in [-0.3, -0.25) is 20.0 Å². The Morgan fingerprint density at radius 1 is 0.890 bits per heavy atom. The van der Waals surface area contributed by atoms with Gasteiger partial charge >= 0.3 is 6.09 Å². The number of amides is 1. The molecule has 1 aromatic heterocycles. The number of ether oxygens (including phenoxy) is 4. The second kappa shape index (κ2) is 23.4. The number of allylic oxidation sites excluding steroid dienone is 1. The molecule has 378 valence electrons. The van der Waals surface area contributed by atoms with E-state index >= 15 is 4.79 Å². The van der Waals surface area contributed by atoms with Crippen LogP contribution in [0.5, 0.6) is 17.2 Å². The number of rotatable bonds is 22. The molecule has 9 rings (SSSR count). The van der Waals surface area contributed by atoms with E-state index in [9.17, 15) is 20.3 Å². The van der Waals surface area contributed by atoms with Crippen molar-refractivity contribution in [1.82, 2.24) is 9.88 Å². The Kier molecular flexibility index (Phi) is 16.2. The molecule has 6 aromatic rings. The average Bonchev–Trinajstić information content (AvgIpc) is 3.41. The summed E-state index contributed by atoms with van der Waals surface area (Å²) in [4.78, 5) is 39.3. The zero-order valence-electron chi connectivity index (χ0n) is 41.1. The number of nitrogens with zero attached hydrogens (tertiary/aromatic N) is 4. The van der Waals surface area contributed by atoms with Crippen molar-refractivity contribution < 1.29 is 43.7 Å². The van der Waals surface area contributed by atoms with Gasteiger partial charge in [-0.2, -0.15) is 0 Å². The fourth-order valence-electron chi connectivity index (χ4n) is 11.0. The molecule has 0 saturated heterocycles. The highest BCUT2D eigenvalue weighted by Crippen LogP contribution is 2.62. The minimum atomic E-state index is -1.60. The maximum absolute atomic E-state index is 15.4. The Balaban J connectivity index is 1.25. The van der Waals surface area contributed by atoms with Gasteiger partial charge in [0.1, 0.15) is 36.5 Å². The monoisotopic (exact) mass is 986 g/mol. The van der Waals surface area contributed by atoms with Crippen molar-refractivity contribution in [3.63, 3.8) is 0 Å². The van der Waals surface area contributed by atoms with Crippen molar-refractivity contribution in [3.05, 3.63) is 196 Å². The molecule has 1 saturated carbocycles. The van der Waals surface area contributed by atoms with Gasteiger partial charge in [0.2, 0.25) is 5.79 Å². The van der Waals surface area contributed by atoms with Gasteiger partial charge in [0.05, 0.1) is 35.4 Å². The lowest BCUT2D eigenvalue weighted by molar-refractivity contribution is -0.384. The van der Waals surface area contributed by atoms with Crippen LogP contribution in [0.2, 0.25) is 0 Å². The third kappa shape index (κ3) is 11.3. The van der Waals surface area contributed by atoms with Crippen molar-refractivity contribution in [2.45, 2.75) is 89.4 Å². The predicted octanol–water partition coefficient (Wildman–Crippen LogP) is 11.6. The number of carbonyl (C=O) groups is 1. The lowest BCUT2D eigenvalue weighted by atomic mass is 9.55. The summed E-state index contributed by atoms with van der Waals surface area (Å²) in [6, 6.07) is 39.9. The molecule has 0 bridgehead atoms. The minimum Gasteiger partial charge on any atom is -0.487 e. The predicted molar refractivity (Wildman–Crippen MR) is 278 cm³/mol. The fraction of sp³-hybridized carbons (Fsp3) is 0.339. The molecular weight excluding hydrogens is 925 g/mol. The Hall–Kier alpha value is -7.39. The van der Waals surface area contributed by atoms with E-state index in [-0.39, 0.29) is 75.2 Å². The van der Waals surface area contributed by atoms with Gasteiger partial charge in [0, 0.05) is 48.9 Å². The maximum atomic E-state index is 15.4. The molecule has 14 nitrogen and oxygen atoms in total. The van der Waals surface area contributed by atoms with Crippen LogP contribution in [0.25, 0.3) is 10.8 Å². The molecule has 14 heteroatoms. The first-order valence-corrected chi connectivity index (χ1v) is 25.2. The average molecular weight is 987 g/mol. The van der Waals surface area contributed by atoms with Gasteiger partial charge in [0.15, 0.2) is 0 Å². The smallest absolute Gasteiger partial charge is 0.416 e. The Bertz CT molecular complexity index is 2940. The molecule has 0 radical (unpaired) electrons. The van der Waals surface area contributed by atoms with Crippen LogP contribution in [0.15, 0.2) is 163 Å². The second-order valence-corrected chi connectivity index (χ2v) is 19.0. The number of unbranched alkanes of at least 4 members (excludes halogenated alkanes) is 2. The van der Waals surface area contributed by atoms with E-state index in [1.807, 2.05) is 110 Å². The number of carbonyl (C=O) groups excluding carboxylic acids is 1. The second-order valence-electron chi connectivity index (χ2n) is 19.0. The zero-order chi connectivity index (χ0) is 50.7. The fourth-order valence-corrected chi connectivity index (χ4v) is 11.0. The standard InChI is InChI=1S/C59H62N4O10/c1-3-33-70-59-55(62(37-44-21-14-20-42-18-7-8-23-49(42)44)58(66)72-47-27-25-46(26-28-47)63(67)68)36-53(61-71-38-41-16-5-4-6-17-41)51-34-43(19-9-11-31-64)50(24-10-12-32-65)56(57(51)59)52-35-48(29-30-54(52)73-59)69-39-45-22-13-15-40(2)60-45/h3-8,13-18,20-23,25-30,34-35,43,50,55-57,64-65H,1,9-12,19,24,31-33,36-39H2,2H3/t43-,50+,55-,56+,57+,59+/m0/s1. The van der Waals surface area contributed by atoms with Gasteiger partial charge in [-0.1, -0.05) is 109 Å². The topological polar surface area (TPSA) is 175 Å². The van der Waals surface area contributed by atoms with Crippen LogP contribution in [0.3, 0.4) is 0 Å². The maximum Gasteiger partial charge on any atom is 0.416 e. The summed E-state index contributed by atoms with van der Waals surface area (Å²) in [6.07, 6.45) is 7.65. The van der Waals surface area contributed by atoms with E-state index in [0.717, 1.165) is 70.1 Å². The molecule has 3 aliphatic rings. The van der Waals surface area contributed by atoms with Gasteiger partial charge in [0.25, 0.3) is 5.69 Å². The van der Waals surface area contributed by atoms with E-state index in [0.29, 0.717) is 30.1 Å². The summed E-state index contributed by atoms with van der Waals surface area (Å²) >= 11 is 0. The summed E-state index contributed by atoms with van der Waals surface area (Å²) in [6.45, 7) is 6.69. The van der Waals surface area contributed by atoms with Crippen LogP contribution in [0.1, 0.15) is 78.9 Å². The quantitative estimate of drug-likeness (QED) is 0.0286. The zero-order valence-corrected chi connectivity index (χ0v) is 41.1. The number of hydrogen-bond donors (Lipinski definition) is 2. The lowest BCUT2D eigenvalue weighted by Crippen LogP contribution is -2.70. The van der Waals surface area contributed by atoms with Crippen LogP contribution in [-0.4, -0.2) is 68.5 Å². The summed E-state index contributed by atoms with van der Waals surface area (Å²) in [5.74, 6) is -1.26. The number of pyridine rings is 1. The third-order valence-electron chi connectivity index (χ3n) is 14.3. The van der Waals surface area contributed by atoms with Crippen molar-refractivity contribution in [2.24, 2.45) is 22.9 Å². The number of nitro benzene ring substituents is 1. The number of aliphatic hydroxyl groups excluding tert-OH is 2. The van der Waals surface area contributed by atoms with E-state index in [2.05, 4.69) is 23.7 Å². The number of oxime groups is 1. The first kappa shape index (κ1) is 50.5. The number of fused-ring (bicyclic) bond motifs is 3. The van der Waals surface area contributed by atoms with Crippen LogP contribution in [-0.2, 0) is 29.3 Å². The molecule has 73 heavy (non-hydrogen) atoms. The molecule has 6 atom stereocenters. The molecule has 1 aliphatic heterocycles. The molecule has 2 heterocycles. The largest absolute Gasteiger partial charge is 0.487 e. The lowest BCUT2D eigenvalue weighted by Gasteiger charge is -2.59. The Labute approximate surface area is 425 Å². The number of hydrogen-bond acceptors (Lipinski definition) is 12. The van der Waals surface area contributed by atoms with Gasteiger partial charge in [-0.25, -0.2) is 4.79 Å². The van der Waals surface area contributed by atoms with E-state index in [1.165, 1.54) is 24.3 Å². The highest BCUT2D eigenvalue weighted by atomic mass is 16.7. The number of aryl methyl sites for hydroxylation is 1. The van der Waals surface area contributed by atoms with Crippen molar-refractivity contribution in [2.75, 3.05) is 19.8 Å². The molecule has 2 N–H and O–H groups in total. The summed E-state index contributed by atoms with van der Waals surface area (Å²) in [5.41, 5.74) is 5.70. The number of nitro groups is 1. The van der Waals surface area contributed by atoms with Gasteiger partial charge in [-0.15, -0.1) is 6.58 Å². The molecular formula is C59H62N4O10. The molecule has 0 spiro atoms. The normalized spacial score (nSPS) is 21.3. The van der Waals surface area contributed by atoms with Gasteiger partial charge in [-0.05, 0) is 114 Å². The number of aromatic nitrogens is 1. The van der Waals surface area contributed by atoms with Crippen molar-refractivity contribution >= 4 is 28.3 Å². The first-order chi connectivity index (χ1) is 35.7. The van der Waals surface area contributed by atoms with Crippen LogP contribution in [0.4, 0.5) is 10.5 Å². The summed E-state index contributed by atoms with van der Waals surface area (Å²) in [5, 5.41) is 38.8.